The van der Waals surface area contributed by atoms with Crippen molar-refractivity contribution in [1.82, 2.24) is 0 Å². The summed E-state index contributed by atoms with van der Waals surface area (Å²) in [6, 6.07) is 3.54. The molecule has 118 valence electrons. The molecule has 5 nitrogen and oxygen atoms in total. The van der Waals surface area contributed by atoms with Crippen LogP contribution in [-0.2, 0) is 10.0 Å². The van der Waals surface area contributed by atoms with Crippen LogP contribution in [0.25, 0.3) is 0 Å². The Morgan fingerprint density at radius 1 is 1.29 bits per heavy atom. The van der Waals surface area contributed by atoms with E-state index in [1.165, 1.54) is 18.6 Å². The van der Waals surface area contributed by atoms with E-state index in [0.29, 0.717) is 6.54 Å². The average Bonchev–Trinajstić information content (AvgIpc) is 2.46. The Kier molecular flexibility index (Phi) is 4.85. The molecule has 1 aromatic carbocycles. The number of nitrogens with one attached hydrogen (secondary N) is 1. The van der Waals surface area contributed by atoms with E-state index in [4.69, 9.17) is 5.14 Å². The molecule has 21 heavy (non-hydrogen) atoms. The molecule has 0 aromatic heterocycles. The van der Waals surface area contributed by atoms with Gasteiger partial charge in [0, 0.05) is 12.0 Å². The number of aliphatic hydroxyl groups excluding tert-OH is 1. The lowest BCUT2D eigenvalue weighted by Gasteiger charge is -2.36. The summed E-state index contributed by atoms with van der Waals surface area (Å²) >= 11 is 0. The summed E-state index contributed by atoms with van der Waals surface area (Å²) in [7, 11) is -3.90. The van der Waals surface area contributed by atoms with Crippen LogP contribution < -0.4 is 10.5 Å². The van der Waals surface area contributed by atoms with Gasteiger partial charge in [-0.1, -0.05) is 19.3 Å². The summed E-state index contributed by atoms with van der Waals surface area (Å²) in [6.07, 6.45) is 5.12. The number of rotatable bonds is 5. The van der Waals surface area contributed by atoms with Crippen molar-refractivity contribution in [3.63, 3.8) is 0 Å². The van der Waals surface area contributed by atoms with Crippen LogP contribution in [-0.4, -0.2) is 26.7 Å². The van der Waals surface area contributed by atoms with Crippen LogP contribution >= 0.6 is 0 Å². The van der Waals surface area contributed by atoms with E-state index in [9.17, 15) is 17.9 Å². The highest BCUT2D eigenvalue weighted by molar-refractivity contribution is 7.89. The number of nitrogens with two attached hydrogens (primary N) is 1. The highest BCUT2D eigenvalue weighted by Gasteiger charge is 2.31. The Morgan fingerprint density at radius 3 is 2.48 bits per heavy atom. The Labute approximate surface area is 124 Å². The molecule has 1 saturated carbocycles. The quantitative estimate of drug-likeness (QED) is 0.772. The molecular formula is C14H21FN2O3S. The number of hydrogen-bond donors (Lipinski definition) is 3. The van der Waals surface area contributed by atoms with E-state index in [1.54, 1.807) is 0 Å². The molecule has 0 heterocycles. The number of aliphatic hydroxyl groups is 1. The maximum Gasteiger partial charge on any atom is 0.238 e. The van der Waals surface area contributed by atoms with Crippen molar-refractivity contribution in [2.45, 2.75) is 37.0 Å². The first-order chi connectivity index (χ1) is 9.86. The van der Waals surface area contributed by atoms with Crippen molar-refractivity contribution >= 4 is 15.7 Å². The van der Waals surface area contributed by atoms with E-state index in [2.05, 4.69) is 5.32 Å². The van der Waals surface area contributed by atoms with E-state index >= 15 is 0 Å². The van der Waals surface area contributed by atoms with Gasteiger partial charge in [0.05, 0.1) is 17.2 Å². The first-order valence-electron chi connectivity index (χ1n) is 7.03. The molecule has 7 heteroatoms. The second-order valence-corrected chi connectivity index (χ2v) is 7.32. The third-order valence-electron chi connectivity index (χ3n) is 4.17. The molecule has 0 spiro atoms. The summed E-state index contributed by atoms with van der Waals surface area (Å²) in [5.74, 6) is -0.662. The summed E-state index contributed by atoms with van der Waals surface area (Å²) in [6.45, 7) is 0.534. The fraction of sp³-hybridized carbons (Fsp3) is 0.571. The van der Waals surface area contributed by atoms with E-state index < -0.39 is 15.8 Å². The fourth-order valence-corrected chi connectivity index (χ4v) is 3.32. The van der Waals surface area contributed by atoms with Gasteiger partial charge >= 0.3 is 0 Å². The number of sulfonamides is 1. The van der Waals surface area contributed by atoms with Crippen LogP contribution in [0.1, 0.15) is 32.1 Å². The highest BCUT2D eigenvalue weighted by atomic mass is 32.2. The van der Waals surface area contributed by atoms with Crippen molar-refractivity contribution in [1.29, 1.82) is 0 Å². The molecule has 2 rings (SSSR count). The second kappa shape index (κ2) is 6.29. The lowest BCUT2D eigenvalue weighted by molar-refractivity contribution is 0.0943. The minimum atomic E-state index is -3.90. The molecule has 4 N–H and O–H groups in total. The van der Waals surface area contributed by atoms with Gasteiger partial charge in [-0.2, -0.15) is 0 Å². The van der Waals surface area contributed by atoms with Gasteiger partial charge in [0.25, 0.3) is 0 Å². The monoisotopic (exact) mass is 316 g/mol. The molecule has 1 aromatic rings. The molecule has 0 bridgehead atoms. The zero-order chi connectivity index (χ0) is 15.5. The fourth-order valence-electron chi connectivity index (χ4n) is 2.79. The van der Waals surface area contributed by atoms with Crippen LogP contribution in [0.3, 0.4) is 0 Å². The van der Waals surface area contributed by atoms with E-state index in [0.717, 1.165) is 31.7 Å². The lowest BCUT2D eigenvalue weighted by Crippen LogP contribution is -2.35. The number of benzene rings is 1. The standard InChI is InChI=1S/C14H21FN2O3S/c15-12-8-11(21(16,19)20)4-5-13(12)17-9-14(10-18)6-2-1-3-7-14/h4-5,8,17-18H,1-3,6-7,9-10H2,(H2,16,19,20). The van der Waals surface area contributed by atoms with Crippen molar-refractivity contribution in [3.05, 3.63) is 24.0 Å². The minimum Gasteiger partial charge on any atom is -0.396 e. The zero-order valence-electron chi connectivity index (χ0n) is 11.8. The molecule has 0 radical (unpaired) electrons. The zero-order valence-corrected chi connectivity index (χ0v) is 12.6. The molecule has 0 aliphatic heterocycles. The molecule has 0 unspecified atom stereocenters. The van der Waals surface area contributed by atoms with Crippen LogP contribution in [0.4, 0.5) is 10.1 Å². The number of hydrogen-bond acceptors (Lipinski definition) is 4. The summed E-state index contributed by atoms with van der Waals surface area (Å²) in [5.41, 5.74) is 0.00402. The second-order valence-electron chi connectivity index (χ2n) is 5.76. The molecule has 0 atom stereocenters. The third kappa shape index (κ3) is 3.93. The van der Waals surface area contributed by atoms with Gasteiger partial charge in [-0.05, 0) is 31.0 Å². The SMILES string of the molecule is NS(=O)(=O)c1ccc(NCC2(CO)CCCCC2)c(F)c1. The highest BCUT2D eigenvalue weighted by Crippen LogP contribution is 2.36. The number of halogens is 1. The molecule has 0 saturated heterocycles. The van der Waals surface area contributed by atoms with Gasteiger partial charge in [0.2, 0.25) is 10.0 Å². The third-order valence-corrected chi connectivity index (χ3v) is 5.08. The van der Waals surface area contributed by atoms with Crippen LogP contribution in [0.2, 0.25) is 0 Å². The van der Waals surface area contributed by atoms with Crippen LogP contribution in [0, 0.1) is 11.2 Å². The maximum atomic E-state index is 13.9. The maximum absolute atomic E-state index is 13.9. The normalized spacial score (nSPS) is 18.4. The van der Waals surface area contributed by atoms with Gasteiger partial charge < -0.3 is 10.4 Å². The predicted octanol–water partition coefficient (Wildman–Crippen LogP) is 1.83. The summed E-state index contributed by atoms with van der Waals surface area (Å²) in [5, 5.41) is 17.6. The van der Waals surface area contributed by atoms with Gasteiger partial charge in [0.1, 0.15) is 5.82 Å². The van der Waals surface area contributed by atoms with E-state index in [-0.39, 0.29) is 22.6 Å². The van der Waals surface area contributed by atoms with Gasteiger partial charge in [-0.3, -0.25) is 0 Å². The van der Waals surface area contributed by atoms with Crippen molar-refractivity contribution in [2.75, 3.05) is 18.5 Å². The Hall–Kier alpha value is -1.18. The van der Waals surface area contributed by atoms with Gasteiger partial charge in [-0.25, -0.2) is 17.9 Å². The van der Waals surface area contributed by atoms with E-state index in [1.807, 2.05) is 0 Å². The van der Waals surface area contributed by atoms with Gasteiger partial charge in [-0.15, -0.1) is 0 Å². The molecular weight excluding hydrogens is 295 g/mol. The largest absolute Gasteiger partial charge is 0.396 e. The minimum absolute atomic E-state index is 0.0664. The summed E-state index contributed by atoms with van der Waals surface area (Å²) in [4.78, 5) is -0.250. The van der Waals surface area contributed by atoms with Gasteiger partial charge in [0.15, 0.2) is 0 Å². The Morgan fingerprint density at radius 2 is 1.95 bits per heavy atom. The topological polar surface area (TPSA) is 92.4 Å². The predicted molar refractivity (Wildman–Crippen MR) is 78.9 cm³/mol. The average molecular weight is 316 g/mol. The number of primary sulfonamides is 1. The van der Waals surface area contributed by atoms with Crippen LogP contribution in [0.5, 0.6) is 0 Å². The van der Waals surface area contributed by atoms with Crippen molar-refractivity contribution in [2.24, 2.45) is 10.6 Å². The first-order valence-corrected chi connectivity index (χ1v) is 8.58. The Balaban J connectivity index is 2.09. The smallest absolute Gasteiger partial charge is 0.238 e. The van der Waals surface area contributed by atoms with Crippen LogP contribution in [0.15, 0.2) is 23.1 Å². The summed E-state index contributed by atoms with van der Waals surface area (Å²) < 4.78 is 36.2. The molecule has 1 fully saturated rings. The molecule has 1 aliphatic carbocycles. The number of anilines is 1. The molecule has 1 aliphatic rings. The van der Waals surface area contributed by atoms with Crippen molar-refractivity contribution < 1.29 is 17.9 Å². The lowest BCUT2D eigenvalue weighted by atomic mass is 9.74. The Bertz CT molecular complexity index is 598. The molecule has 0 amide bonds. The first kappa shape index (κ1) is 16.2. The van der Waals surface area contributed by atoms with Crippen molar-refractivity contribution in [3.8, 4) is 0 Å².